The predicted molar refractivity (Wildman–Crippen MR) is 147 cm³/mol. The molecule has 0 aromatic heterocycles. The molecule has 0 unspecified atom stereocenters. The van der Waals surface area contributed by atoms with E-state index >= 15 is 0 Å². The molecule has 0 atom stereocenters. The fraction of sp³-hybridized carbons (Fsp3) is 0.188. The predicted octanol–water partition coefficient (Wildman–Crippen LogP) is 9.86. The Bertz CT molecular complexity index is 1270. The van der Waals surface area contributed by atoms with E-state index in [1.54, 1.807) is 18.2 Å². The zero-order valence-electron chi connectivity index (χ0n) is 20.2. The Morgan fingerprint density at radius 1 is 0.714 bits per heavy atom. The highest BCUT2D eigenvalue weighted by atomic mass is 35.5. The standard InChI is InChI=1S/C32H30ClFO/c1-3-4-5-22-35-30-21-20-29(32(34)31(30)33)15-10-24-8-13-26(14-9-24)28-18-16-27(17-19-28)25-11-6-23(2)7-12-25/h6-21H,3-5,22H2,1-2H3. The molecular weight excluding hydrogens is 455 g/mol. The summed E-state index contributed by atoms with van der Waals surface area (Å²) in [6.45, 7) is 4.77. The van der Waals surface area contributed by atoms with Crippen molar-refractivity contribution in [3.8, 4) is 28.0 Å². The zero-order valence-corrected chi connectivity index (χ0v) is 21.0. The van der Waals surface area contributed by atoms with Crippen molar-refractivity contribution in [2.24, 2.45) is 0 Å². The summed E-state index contributed by atoms with van der Waals surface area (Å²) in [7, 11) is 0. The van der Waals surface area contributed by atoms with Gasteiger partial charge in [0.15, 0.2) is 5.82 Å². The number of halogens is 2. The Morgan fingerprint density at radius 3 is 1.83 bits per heavy atom. The van der Waals surface area contributed by atoms with Crippen molar-refractivity contribution in [3.05, 3.63) is 112 Å². The van der Waals surface area contributed by atoms with Crippen LogP contribution in [0.4, 0.5) is 4.39 Å². The molecule has 0 amide bonds. The molecule has 0 heterocycles. The molecule has 4 rings (SSSR count). The molecule has 0 radical (unpaired) electrons. The fourth-order valence-corrected chi connectivity index (χ4v) is 4.12. The summed E-state index contributed by atoms with van der Waals surface area (Å²) >= 11 is 6.20. The molecule has 4 aromatic rings. The topological polar surface area (TPSA) is 9.23 Å². The average molecular weight is 485 g/mol. The molecule has 0 saturated heterocycles. The Balaban J connectivity index is 1.42. The molecule has 0 aliphatic heterocycles. The van der Waals surface area contributed by atoms with Crippen LogP contribution in [0.1, 0.15) is 42.9 Å². The lowest BCUT2D eigenvalue weighted by molar-refractivity contribution is 0.305. The van der Waals surface area contributed by atoms with Crippen molar-refractivity contribution >= 4 is 23.8 Å². The maximum Gasteiger partial charge on any atom is 0.152 e. The SMILES string of the molecule is CCCCCOc1ccc(C=Cc2ccc(-c3ccc(-c4ccc(C)cc4)cc3)cc2)c(F)c1Cl. The van der Waals surface area contributed by atoms with E-state index in [0.717, 1.165) is 36.0 Å². The molecular formula is C32H30ClFO. The van der Waals surface area contributed by atoms with E-state index in [9.17, 15) is 4.39 Å². The van der Waals surface area contributed by atoms with Gasteiger partial charge in [0.2, 0.25) is 0 Å². The van der Waals surface area contributed by atoms with Crippen LogP contribution in [0.3, 0.4) is 0 Å². The number of ether oxygens (including phenoxy) is 1. The molecule has 0 N–H and O–H groups in total. The second kappa shape index (κ2) is 11.9. The lowest BCUT2D eigenvalue weighted by Gasteiger charge is -2.09. The summed E-state index contributed by atoms with van der Waals surface area (Å²) in [6.07, 6.45) is 6.76. The first kappa shape index (κ1) is 24.8. The van der Waals surface area contributed by atoms with Crippen LogP contribution in [0.5, 0.6) is 5.75 Å². The Kier molecular flexibility index (Phi) is 8.39. The highest BCUT2D eigenvalue weighted by molar-refractivity contribution is 6.32. The third kappa shape index (κ3) is 6.41. The highest BCUT2D eigenvalue weighted by Crippen LogP contribution is 2.31. The summed E-state index contributed by atoms with van der Waals surface area (Å²) in [5.41, 5.74) is 7.39. The third-order valence-electron chi connectivity index (χ3n) is 6.05. The summed E-state index contributed by atoms with van der Waals surface area (Å²) in [4.78, 5) is 0. The minimum absolute atomic E-state index is 0.0353. The molecule has 0 spiro atoms. The van der Waals surface area contributed by atoms with Gasteiger partial charge >= 0.3 is 0 Å². The number of aryl methyl sites for hydroxylation is 1. The normalized spacial score (nSPS) is 11.2. The molecule has 4 aromatic carbocycles. The second-order valence-corrected chi connectivity index (χ2v) is 9.11. The van der Waals surface area contributed by atoms with E-state index in [0.29, 0.717) is 17.9 Å². The lowest BCUT2D eigenvalue weighted by atomic mass is 9.99. The Hall–Kier alpha value is -3.36. The Labute approximate surface area is 212 Å². The van der Waals surface area contributed by atoms with Crippen LogP contribution in [0.25, 0.3) is 34.4 Å². The van der Waals surface area contributed by atoms with Crippen LogP contribution in [-0.4, -0.2) is 6.61 Å². The van der Waals surface area contributed by atoms with Crippen LogP contribution in [-0.2, 0) is 0 Å². The van der Waals surface area contributed by atoms with Crippen molar-refractivity contribution in [2.75, 3.05) is 6.61 Å². The van der Waals surface area contributed by atoms with Gasteiger partial charge in [-0.25, -0.2) is 4.39 Å². The number of hydrogen-bond acceptors (Lipinski definition) is 1. The van der Waals surface area contributed by atoms with Crippen molar-refractivity contribution < 1.29 is 9.13 Å². The van der Waals surface area contributed by atoms with Gasteiger partial charge in [0, 0.05) is 5.56 Å². The van der Waals surface area contributed by atoms with Crippen molar-refractivity contribution in [1.82, 2.24) is 0 Å². The quantitative estimate of drug-likeness (QED) is 0.169. The third-order valence-corrected chi connectivity index (χ3v) is 6.40. The van der Waals surface area contributed by atoms with E-state index in [1.807, 2.05) is 18.2 Å². The number of hydrogen-bond donors (Lipinski definition) is 0. The van der Waals surface area contributed by atoms with Crippen molar-refractivity contribution in [3.63, 3.8) is 0 Å². The lowest BCUT2D eigenvalue weighted by Crippen LogP contribution is -1.99. The van der Waals surface area contributed by atoms with E-state index in [-0.39, 0.29) is 5.02 Å². The minimum Gasteiger partial charge on any atom is -0.492 e. The van der Waals surface area contributed by atoms with Crippen LogP contribution >= 0.6 is 11.6 Å². The zero-order chi connectivity index (χ0) is 24.6. The number of benzene rings is 4. The fourth-order valence-electron chi connectivity index (χ4n) is 3.89. The van der Waals surface area contributed by atoms with Gasteiger partial charge in [0.05, 0.1) is 6.61 Å². The molecule has 0 saturated carbocycles. The largest absolute Gasteiger partial charge is 0.492 e. The van der Waals surface area contributed by atoms with Crippen molar-refractivity contribution in [2.45, 2.75) is 33.1 Å². The molecule has 0 fully saturated rings. The maximum absolute atomic E-state index is 14.7. The highest BCUT2D eigenvalue weighted by Gasteiger charge is 2.11. The molecule has 0 aliphatic rings. The molecule has 35 heavy (non-hydrogen) atoms. The van der Waals surface area contributed by atoms with Crippen LogP contribution in [0, 0.1) is 12.7 Å². The number of unbranched alkanes of at least 4 members (excludes halogenated alkanes) is 2. The van der Waals surface area contributed by atoms with Gasteiger partial charge in [0.25, 0.3) is 0 Å². The van der Waals surface area contributed by atoms with Crippen LogP contribution < -0.4 is 4.74 Å². The number of rotatable bonds is 9. The molecule has 178 valence electrons. The monoisotopic (exact) mass is 484 g/mol. The van der Waals surface area contributed by atoms with E-state index in [1.165, 1.54) is 16.7 Å². The molecule has 0 bridgehead atoms. The van der Waals surface area contributed by atoms with Crippen LogP contribution in [0.15, 0.2) is 84.9 Å². The first-order valence-electron chi connectivity index (χ1n) is 12.1. The van der Waals surface area contributed by atoms with E-state index in [4.69, 9.17) is 16.3 Å². The summed E-state index contributed by atoms with van der Waals surface area (Å²) in [6, 6.07) is 28.8. The van der Waals surface area contributed by atoms with Gasteiger partial charge < -0.3 is 4.74 Å². The summed E-state index contributed by atoms with van der Waals surface area (Å²) in [5.74, 6) is -0.0589. The average Bonchev–Trinajstić information content (AvgIpc) is 2.89. The van der Waals surface area contributed by atoms with Gasteiger partial charge in [-0.05, 0) is 53.3 Å². The first-order chi connectivity index (χ1) is 17.0. The minimum atomic E-state index is -0.457. The second-order valence-electron chi connectivity index (χ2n) is 8.74. The van der Waals surface area contributed by atoms with Crippen LogP contribution in [0.2, 0.25) is 5.02 Å². The van der Waals surface area contributed by atoms with Crippen molar-refractivity contribution in [1.29, 1.82) is 0 Å². The van der Waals surface area contributed by atoms with Gasteiger partial charge in [0.1, 0.15) is 10.8 Å². The first-order valence-corrected chi connectivity index (χ1v) is 12.5. The summed E-state index contributed by atoms with van der Waals surface area (Å²) < 4.78 is 20.4. The smallest absolute Gasteiger partial charge is 0.152 e. The van der Waals surface area contributed by atoms with Gasteiger partial charge in [-0.15, -0.1) is 0 Å². The van der Waals surface area contributed by atoms with Gasteiger partial charge in [-0.3, -0.25) is 0 Å². The Morgan fingerprint density at radius 2 is 1.26 bits per heavy atom. The van der Waals surface area contributed by atoms with E-state index < -0.39 is 5.82 Å². The van der Waals surface area contributed by atoms with Gasteiger partial charge in [-0.2, -0.15) is 0 Å². The molecule has 0 aliphatic carbocycles. The molecule has 1 nitrogen and oxygen atoms in total. The molecule has 3 heteroatoms. The summed E-state index contributed by atoms with van der Waals surface area (Å²) in [5, 5.41) is 0.0353. The maximum atomic E-state index is 14.7. The van der Waals surface area contributed by atoms with Gasteiger partial charge in [-0.1, -0.05) is 122 Å². The van der Waals surface area contributed by atoms with E-state index in [2.05, 4.69) is 74.5 Å².